The van der Waals surface area contributed by atoms with Gasteiger partial charge in [0, 0.05) is 36.1 Å². The highest BCUT2D eigenvalue weighted by Crippen LogP contribution is 2.30. The largest absolute Gasteiger partial charge is 0.469 e. The fourth-order valence-corrected chi connectivity index (χ4v) is 3.92. The number of rotatable bonds is 6. The molecular weight excluding hydrogens is 450 g/mol. The van der Waals surface area contributed by atoms with Crippen LogP contribution in [-0.2, 0) is 9.53 Å². The summed E-state index contributed by atoms with van der Waals surface area (Å²) in [5, 5.41) is 17.4. The number of hydrogen-bond donors (Lipinski definition) is 2. The van der Waals surface area contributed by atoms with E-state index in [9.17, 15) is 19.7 Å². The molecule has 1 aliphatic rings. The highest BCUT2D eigenvalue weighted by atomic mass is 16.6. The van der Waals surface area contributed by atoms with Crippen molar-refractivity contribution in [1.82, 2.24) is 9.88 Å². The summed E-state index contributed by atoms with van der Waals surface area (Å²) in [5.41, 5.74) is 2.48. The number of nitrogens with one attached hydrogen (secondary N) is 2. The Bertz CT molecular complexity index is 1210. The minimum Gasteiger partial charge on any atom is -0.469 e. The first-order valence-corrected chi connectivity index (χ1v) is 11.2. The van der Waals surface area contributed by atoms with E-state index in [0.717, 1.165) is 5.56 Å². The molecule has 2 N–H and O–H groups in total. The second kappa shape index (κ2) is 10.6. The summed E-state index contributed by atoms with van der Waals surface area (Å²) in [7, 11) is 1.37. The zero-order chi connectivity index (χ0) is 24.8. The van der Waals surface area contributed by atoms with Crippen LogP contribution in [0, 0.1) is 16.0 Å². The normalized spacial score (nSPS) is 13.7. The Morgan fingerprint density at radius 3 is 2.29 bits per heavy atom. The molecule has 2 heterocycles. The zero-order valence-corrected chi connectivity index (χ0v) is 19.1. The molecule has 1 aliphatic heterocycles. The molecule has 0 unspecified atom stereocenters. The van der Waals surface area contributed by atoms with E-state index in [1.807, 2.05) is 30.3 Å². The molecule has 0 saturated carbocycles. The van der Waals surface area contributed by atoms with Crippen LogP contribution in [0.2, 0.25) is 0 Å². The summed E-state index contributed by atoms with van der Waals surface area (Å²) < 4.78 is 4.78. The number of anilines is 3. The minimum atomic E-state index is -0.484. The Hall–Kier alpha value is -4.47. The van der Waals surface area contributed by atoms with Crippen LogP contribution >= 0.6 is 0 Å². The van der Waals surface area contributed by atoms with Gasteiger partial charge in [-0.25, -0.2) is 9.78 Å². The topological polar surface area (TPSA) is 127 Å². The highest BCUT2D eigenvalue weighted by molar-refractivity contribution is 5.90. The SMILES string of the molecule is COC(=O)C1CCN(C(=O)Nc2ccc(Nc3nc(-c4ccccc4)ccc3[N+](=O)[O-])cc2)CC1. The first-order chi connectivity index (χ1) is 16.9. The van der Waals surface area contributed by atoms with Crippen LogP contribution in [0.25, 0.3) is 11.3 Å². The summed E-state index contributed by atoms with van der Waals surface area (Å²) in [4.78, 5) is 41.4. The van der Waals surface area contributed by atoms with Crippen LogP contribution < -0.4 is 10.6 Å². The van der Waals surface area contributed by atoms with Crippen LogP contribution in [0.4, 0.5) is 27.7 Å². The van der Waals surface area contributed by atoms with Crippen molar-refractivity contribution < 1.29 is 19.2 Å². The lowest BCUT2D eigenvalue weighted by atomic mass is 9.97. The molecule has 180 valence electrons. The highest BCUT2D eigenvalue weighted by Gasteiger charge is 2.28. The summed E-state index contributed by atoms with van der Waals surface area (Å²) >= 11 is 0. The maximum Gasteiger partial charge on any atom is 0.321 e. The number of ether oxygens (including phenoxy) is 1. The van der Waals surface area contributed by atoms with Crippen molar-refractivity contribution >= 4 is 34.9 Å². The predicted octanol–water partition coefficient (Wildman–Crippen LogP) is 4.82. The van der Waals surface area contributed by atoms with Gasteiger partial charge in [-0.3, -0.25) is 14.9 Å². The number of urea groups is 1. The van der Waals surface area contributed by atoms with Crippen molar-refractivity contribution in [2.24, 2.45) is 5.92 Å². The molecule has 4 rings (SSSR count). The molecule has 0 aliphatic carbocycles. The molecule has 1 fully saturated rings. The molecular formula is C25H25N5O5. The Labute approximate surface area is 202 Å². The Morgan fingerprint density at radius 1 is 1.00 bits per heavy atom. The molecule has 1 aromatic heterocycles. The third-order valence-corrected chi connectivity index (χ3v) is 5.86. The third-order valence-electron chi connectivity index (χ3n) is 5.86. The first kappa shape index (κ1) is 23.7. The maximum absolute atomic E-state index is 12.6. The number of benzene rings is 2. The number of piperidine rings is 1. The molecule has 1 saturated heterocycles. The van der Waals surface area contributed by atoms with Gasteiger partial charge in [-0.15, -0.1) is 0 Å². The summed E-state index contributed by atoms with van der Waals surface area (Å²) in [5.74, 6) is -0.286. The smallest absolute Gasteiger partial charge is 0.321 e. The standard InChI is InChI=1S/C25H25N5O5/c1-35-24(31)18-13-15-29(16-14-18)25(32)27-20-9-7-19(8-10-20)26-23-22(30(33)34)12-11-21(28-23)17-5-3-2-4-6-17/h2-12,18H,13-16H2,1H3,(H,26,28)(H,27,32). The van der Waals surface area contributed by atoms with E-state index in [2.05, 4.69) is 15.6 Å². The molecule has 0 spiro atoms. The number of likely N-dealkylation sites (tertiary alicyclic amines) is 1. The van der Waals surface area contributed by atoms with Crippen molar-refractivity contribution in [1.29, 1.82) is 0 Å². The first-order valence-electron chi connectivity index (χ1n) is 11.2. The van der Waals surface area contributed by atoms with Gasteiger partial charge in [0.2, 0.25) is 5.82 Å². The van der Waals surface area contributed by atoms with E-state index in [0.29, 0.717) is 43.0 Å². The average molecular weight is 476 g/mol. The van der Waals surface area contributed by atoms with E-state index < -0.39 is 4.92 Å². The van der Waals surface area contributed by atoms with Crippen molar-refractivity contribution in [3.63, 3.8) is 0 Å². The van der Waals surface area contributed by atoms with E-state index in [1.165, 1.54) is 13.2 Å². The van der Waals surface area contributed by atoms with Crippen molar-refractivity contribution in [3.8, 4) is 11.3 Å². The fourth-order valence-electron chi connectivity index (χ4n) is 3.92. The average Bonchev–Trinajstić information content (AvgIpc) is 2.89. The number of nitro groups is 1. The van der Waals surface area contributed by atoms with Crippen LogP contribution in [0.15, 0.2) is 66.7 Å². The summed E-state index contributed by atoms with van der Waals surface area (Å²) in [6.07, 6.45) is 1.13. The summed E-state index contributed by atoms with van der Waals surface area (Å²) in [6.45, 7) is 0.941. The fraction of sp³-hybridized carbons (Fsp3) is 0.240. The Balaban J connectivity index is 1.42. The van der Waals surface area contributed by atoms with Gasteiger partial charge in [0.1, 0.15) is 0 Å². The van der Waals surface area contributed by atoms with Crippen molar-refractivity contribution in [2.75, 3.05) is 30.8 Å². The molecule has 3 aromatic rings. The number of carbonyl (C=O) groups excluding carboxylic acids is 2. The van der Waals surface area contributed by atoms with Crippen LogP contribution in [0.5, 0.6) is 0 Å². The molecule has 0 bridgehead atoms. The van der Waals surface area contributed by atoms with Crippen LogP contribution in [0.1, 0.15) is 12.8 Å². The second-order valence-electron chi connectivity index (χ2n) is 8.10. The molecule has 2 amide bonds. The number of methoxy groups -OCH3 is 1. The molecule has 10 heteroatoms. The van der Waals surface area contributed by atoms with Crippen LogP contribution in [-0.4, -0.2) is 47.0 Å². The minimum absolute atomic E-state index is 0.126. The Kier molecular flexibility index (Phi) is 7.20. The van der Waals surface area contributed by atoms with Gasteiger partial charge >= 0.3 is 17.7 Å². The Morgan fingerprint density at radius 2 is 1.66 bits per heavy atom. The van der Waals surface area contributed by atoms with Gasteiger partial charge in [0.15, 0.2) is 0 Å². The van der Waals surface area contributed by atoms with E-state index >= 15 is 0 Å². The number of esters is 1. The number of pyridine rings is 1. The van der Waals surface area contributed by atoms with Crippen molar-refractivity contribution in [3.05, 3.63) is 76.8 Å². The van der Waals surface area contributed by atoms with E-state index in [1.54, 1.807) is 35.2 Å². The molecule has 0 atom stereocenters. The third kappa shape index (κ3) is 5.72. The summed E-state index contributed by atoms with van der Waals surface area (Å²) in [6, 6.07) is 19.0. The lowest BCUT2D eigenvalue weighted by Gasteiger charge is -2.30. The number of nitrogens with zero attached hydrogens (tertiary/aromatic N) is 3. The predicted molar refractivity (Wildman–Crippen MR) is 131 cm³/mol. The van der Waals surface area contributed by atoms with Gasteiger partial charge in [-0.1, -0.05) is 30.3 Å². The zero-order valence-electron chi connectivity index (χ0n) is 19.1. The number of amides is 2. The number of hydrogen-bond acceptors (Lipinski definition) is 7. The number of carbonyl (C=O) groups is 2. The second-order valence-corrected chi connectivity index (χ2v) is 8.10. The van der Waals surface area contributed by atoms with Gasteiger partial charge in [-0.2, -0.15) is 0 Å². The van der Waals surface area contributed by atoms with Crippen LogP contribution in [0.3, 0.4) is 0 Å². The van der Waals surface area contributed by atoms with E-state index in [-0.39, 0.29) is 29.4 Å². The molecule has 2 aromatic carbocycles. The lowest BCUT2D eigenvalue weighted by Crippen LogP contribution is -2.42. The lowest BCUT2D eigenvalue weighted by molar-refractivity contribution is -0.384. The van der Waals surface area contributed by atoms with Gasteiger partial charge in [0.25, 0.3) is 0 Å². The van der Waals surface area contributed by atoms with Gasteiger partial charge in [0.05, 0.1) is 23.6 Å². The molecule has 35 heavy (non-hydrogen) atoms. The van der Waals surface area contributed by atoms with E-state index in [4.69, 9.17) is 4.74 Å². The molecule has 10 nitrogen and oxygen atoms in total. The quantitative estimate of drug-likeness (QED) is 0.297. The number of aromatic nitrogens is 1. The maximum atomic E-state index is 12.6. The van der Waals surface area contributed by atoms with Crippen molar-refractivity contribution in [2.45, 2.75) is 12.8 Å². The monoisotopic (exact) mass is 475 g/mol. The van der Waals surface area contributed by atoms with Gasteiger partial charge in [-0.05, 0) is 43.2 Å². The molecule has 0 radical (unpaired) electrons. The van der Waals surface area contributed by atoms with Gasteiger partial charge < -0.3 is 20.3 Å².